The van der Waals surface area contributed by atoms with Crippen molar-refractivity contribution in [2.75, 3.05) is 0 Å². The molecule has 4 heteroatoms. The van der Waals surface area contributed by atoms with Crippen LogP contribution in [0.3, 0.4) is 0 Å². The second kappa shape index (κ2) is 4.23. The van der Waals surface area contributed by atoms with Gasteiger partial charge in [0.1, 0.15) is 11.3 Å². The number of hydrogen-bond donors (Lipinski definition) is 1. The van der Waals surface area contributed by atoms with Crippen molar-refractivity contribution in [2.24, 2.45) is 12.8 Å². The number of aromatic nitrogens is 3. The molecule has 18 heavy (non-hydrogen) atoms. The Morgan fingerprint density at radius 2 is 2.11 bits per heavy atom. The Hall–Kier alpha value is -2.20. The van der Waals surface area contributed by atoms with Crippen molar-refractivity contribution in [2.45, 2.75) is 6.54 Å². The van der Waals surface area contributed by atoms with E-state index in [0.29, 0.717) is 6.54 Å². The maximum Gasteiger partial charge on any atom is 0.159 e. The number of fused-ring (bicyclic) bond motifs is 1. The topological polar surface area (TPSA) is 56.7 Å². The summed E-state index contributed by atoms with van der Waals surface area (Å²) < 4.78 is 2.00. The second-order valence-electron chi connectivity index (χ2n) is 4.25. The lowest BCUT2D eigenvalue weighted by atomic mass is 10.1. The minimum Gasteiger partial charge on any atom is -0.326 e. The highest BCUT2D eigenvalue weighted by Gasteiger charge is 2.10. The van der Waals surface area contributed by atoms with Crippen LogP contribution >= 0.6 is 0 Å². The minimum absolute atomic E-state index is 0.538. The average Bonchev–Trinajstić information content (AvgIpc) is 2.77. The van der Waals surface area contributed by atoms with Crippen molar-refractivity contribution in [1.82, 2.24) is 14.5 Å². The van der Waals surface area contributed by atoms with Gasteiger partial charge in [-0.05, 0) is 23.8 Å². The van der Waals surface area contributed by atoms with Crippen molar-refractivity contribution in [3.8, 4) is 11.4 Å². The molecule has 0 fully saturated rings. The fourth-order valence-corrected chi connectivity index (χ4v) is 2.12. The molecule has 0 saturated carbocycles. The number of nitrogens with two attached hydrogens (primary N) is 1. The fraction of sp³-hybridized carbons (Fsp3) is 0.143. The molecule has 0 unspecified atom stereocenters. The first-order valence-electron chi connectivity index (χ1n) is 5.86. The van der Waals surface area contributed by atoms with Gasteiger partial charge >= 0.3 is 0 Å². The summed E-state index contributed by atoms with van der Waals surface area (Å²) in [6.07, 6.45) is 1.78. The van der Waals surface area contributed by atoms with Gasteiger partial charge in [0, 0.05) is 25.4 Å². The van der Waals surface area contributed by atoms with Gasteiger partial charge in [0.15, 0.2) is 5.65 Å². The Balaban J connectivity index is 2.21. The molecule has 2 aromatic heterocycles. The van der Waals surface area contributed by atoms with E-state index in [1.165, 1.54) is 0 Å². The van der Waals surface area contributed by atoms with Crippen LogP contribution in [0.4, 0.5) is 0 Å². The van der Waals surface area contributed by atoms with Crippen LogP contribution in [0.15, 0.2) is 42.6 Å². The van der Waals surface area contributed by atoms with E-state index in [2.05, 4.69) is 16.0 Å². The van der Waals surface area contributed by atoms with Crippen LogP contribution < -0.4 is 5.73 Å². The Kier molecular flexibility index (Phi) is 2.57. The highest BCUT2D eigenvalue weighted by molar-refractivity contribution is 5.76. The van der Waals surface area contributed by atoms with Crippen LogP contribution in [-0.2, 0) is 13.6 Å². The maximum atomic E-state index is 5.67. The predicted octanol–water partition coefficient (Wildman–Crippen LogP) is 2.09. The van der Waals surface area contributed by atoms with E-state index >= 15 is 0 Å². The van der Waals surface area contributed by atoms with E-state index in [1.807, 2.05) is 41.9 Å². The van der Waals surface area contributed by atoms with Crippen molar-refractivity contribution in [3.05, 3.63) is 48.2 Å². The number of hydrogen-bond acceptors (Lipinski definition) is 3. The molecular weight excluding hydrogens is 224 g/mol. The molecule has 1 aromatic carbocycles. The summed E-state index contributed by atoms with van der Waals surface area (Å²) in [5, 5.41) is 0. The zero-order chi connectivity index (χ0) is 12.5. The van der Waals surface area contributed by atoms with Gasteiger partial charge in [-0.25, -0.2) is 9.97 Å². The standard InChI is InChI=1S/C14H14N4/c1-18-13(11-5-2-4-10(8-11)9-15)17-12-6-3-7-16-14(12)18/h2-8H,9,15H2,1H3. The summed E-state index contributed by atoms with van der Waals surface area (Å²) in [6, 6.07) is 12.0. The Labute approximate surface area is 105 Å². The number of rotatable bonds is 2. The van der Waals surface area contributed by atoms with Gasteiger partial charge in [0.2, 0.25) is 0 Å². The van der Waals surface area contributed by atoms with Crippen LogP contribution in [0.2, 0.25) is 0 Å². The van der Waals surface area contributed by atoms with Crippen molar-refractivity contribution >= 4 is 11.2 Å². The molecule has 0 saturated heterocycles. The first kappa shape index (κ1) is 10.9. The summed E-state index contributed by atoms with van der Waals surface area (Å²) in [5.41, 5.74) is 9.65. The zero-order valence-corrected chi connectivity index (χ0v) is 10.2. The van der Waals surface area contributed by atoms with Crippen LogP contribution in [0.1, 0.15) is 5.56 Å². The molecule has 2 N–H and O–H groups in total. The van der Waals surface area contributed by atoms with Gasteiger partial charge in [0.25, 0.3) is 0 Å². The van der Waals surface area contributed by atoms with Gasteiger partial charge in [-0.1, -0.05) is 18.2 Å². The lowest BCUT2D eigenvalue weighted by Gasteiger charge is -2.03. The van der Waals surface area contributed by atoms with Gasteiger partial charge in [-0.15, -0.1) is 0 Å². The van der Waals surface area contributed by atoms with Gasteiger partial charge in [-0.3, -0.25) is 0 Å². The molecule has 0 aliphatic heterocycles. The third-order valence-electron chi connectivity index (χ3n) is 3.05. The highest BCUT2D eigenvalue weighted by Crippen LogP contribution is 2.22. The SMILES string of the molecule is Cn1c(-c2cccc(CN)c2)nc2cccnc21. The molecule has 0 aliphatic rings. The summed E-state index contributed by atoms with van der Waals surface area (Å²) in [7, 11) is 1.98. The normalized spacial score (nSPS) is 11.0. The molecule has 0 atom stereocenters. The molecule has 0 spiro atoms. The third-order valence-corrected chi connectivity index (χ3v) is 3.05. The van der Waals surface area contributed by atoms with Gasteiger partial charge < -0.3 is 10.3 Å². The number of imidazole rings is 1. The number of aryl methyl sites for hydroxylation is 1. The maximum absolute atomic E-state index is 5.67. The van der Waals surface area contributed by atoms with Crippen LogP contribution in [0, 0.1) is 0 Å². The van der Waals surface area contributed by atoms with Gasteiger partial charge in [-0.2, -0.15) is 0 Å². The van der Waals surface area contributed by atoms with Crippen molar-refractivity contribution in [1.29, 1.82) is 0 Å². The Morgan fingerprint density at radius 1 is 1.22 bits per heavy atom. The van der Waals surface area contributed by atoms with Crippen molar-refractivity contribution in [3.63, 3.8) is 0 Å². The highest BCUT2D eigenvalue weighted by atomic mass is 15.1. The summed E-state index contributed by atoms with van der Waals surface area (Å²) in [5.74, 6) is 0.916. The van der Waals surface area contributed by atoms with Crippen LogP contribution in [-0.4, -0.2) is 14.5 Å². The third kappa shape index (κ3) is 1.67. The molecule has 0 aliphatic carbocycles. The molecule has 0 bridgehead atoms. The first-order valence-corrected chi connectivity index (χ1v) is 5.86. The van der Waals surface area contributed by atoms with E-state index in [4.69, 9.17) is 5.73 Å². The number of nitrogens with zero attached hydrogens (tertiary/aromatic N) is 3. The van der Waals surface area contributed by atoms with Crippen LogP contribution in [0.25, 0.3) is 22.6 Å². The quantitative estimate of drug-likeness (QED) is 0.743. The van der Waals surface area contributed by atoms with E-state index < -0.39 is 0 Å². The number of benzene rings is 1. The number of pyridine rings is 1. The van der Waals surface area contributed by atoms with E-state index in [-0.39, 0.29) is 0 Å². The summed E-state index contributed by atoms with van der Waals surface area (Å²) >= 11 is 0. The zero-order valence-electron chi connectivity index (χ0n) is 10.2. The van der Waals surface area contributed by atoms with E-state index in [1.54, 1.807) is 6.20 Å². The van der Waals surface area contributed by atoms with Crippen molar-refractivity contribution < 1.29 is 0 Å². The smallest absolute Gasteiger partial charge is 0.159 e. The molecular formula is C14H14N4. The van der Waals surface area contributed by atoms with E-state index in [0.717, 1.165) is 28.1 Å². The van der Waals surface area contributed by atoms with Crippen LogP contribution in [0.5, 0.6) is 0 Å². The minimum atomic E-state index is 0.538. The molecule has 0 amide bonds. The molecule has 90 valence electrons. The summed E-state index contributed by atoms with van der Waals surface area (Å²) in [6.45, 7) is 0.538. The van der Waals surface area contributed by atoms with Gasteiger partial charge in [0.05, 0.1) is 0 Å². The Morgan fingerprint density at radius 3 is 2.89 bits per heavy atom. The monoisotopic (exact) mass is 238 g/mol. The molecule has 3 aromatic rings. The first-order chi connectivity index (χ1) is 8.79. The van der Waals surface area contributed by atoms with E-state index in [9.17, 15) is 0 Å². The molecule has 4 nitrogen and oxygen atoms in total. The molecule has 0 radical (unpaired) electrons. The largest absolute Gasteiger partial charge is 0.326 e. The lowest BCUT2D eigenvalue weighted by molar-refractivity contribution is 0.941. The lowest BCUT2D eigenvalue weighted by Crippen LogP contribution is -1.98. The molecule has 2 heterocycles. The average molecular weight is 238 g/mol. The summed E-state index contributed by atoms with van der Waals surface area (Å²) in [4.78, 5) is 8.96. The molecule has 3 rings (SSSR count). The predicted molar refractivity (Wildman–Crippen MR) is 71.8 cm³/mol. The Bertz CT molecular complexity index is 700. The second-order valence-corrected chi connectivity index (χ2v) is 4.25. The fourth-order valence-electron chi connectivity index (χ4n) is 2.12.